The minimum Gasteiger partial charge on any atom is -0.497 e. The van der Waals surface area contributed by atoms with Gasteiger partial charge in [-0.1, -0.05) is 43.7 Å². The number of ether oxygens (including phenoxy) is 2. The summed E-state index contributed by atoms with van der Waals surface area (Å²) in [6.07, 6.45) is 0. The predicted octanol–water partition coefficient (Wildman–Crippen LogP) is 7.60. The number of nitro benzene ring substituents is 1. The molecule has 0 saturated carbocycles. The van der Waals surface area contributed by atoms with Crippen LogP contribution in [0.3, 0.4) is 0 Å². The van der Waals surface area contributed by atoms with Crippen molar-refractivity contribution in [3.05, 3.63) is 70.8 Å². The average molecular weight is 461 g/mol. The lowest BCUT2D eigenvalue weighted by molar-refractivity contribution is -0.383. The van der Waals surface area contributed by atoms with Gasteiger partial charge in [-0.2, -0.15) is 0 Å². The smallest absolute Gasteiger partial charge is 0.310 e. The molecule has 0 spiro atoms. The van der Waals surface area contributed by atoms with E-state index >= 15 is 0 Å². The number of hydrogen-bond acceptors (Lipinski definition) is 4. The molecule has 0 unspecified atom stereocenters. The van der Waals surface area contributed by atoms with Crippen LogP contribution in [0.5, 0.6) is 11.5 Å². The summed E-state index contributed by atoms with van der Waals surface area (Å²) in [5.74, 6) is 0.375. The molecule has 5 nitrogen and oxygen atoms in total. The molecule has 0 aliphatic rings. The second kappa shape index (κ2) is 6.84. The van der Waals surface area contributed by atoms with Crippen molar-refractivity contribution in [2.75, 3.05) is 14.2 Å². The van der Waals surface area contributed by atoms with E-state index in [9.17, 15) is 29.5 Å². The van der Waals surface area contributed by atoms with E-state index in [4.69, 9.17) is 9.47 Å². The van der Waals surface area contributed by atoms with E-state index in [2.05, 4.69) is 0 Å². The third-order valence-corrected chi connectivity index (χ3v) is 5.60. The summed E-state index contributed by atoms with van der Waals surface area (Å²) in [6.45, 7) is 0. The van der Waals surface area contributed by atoms with Gasteiger partial charge in [0.15, 0.2) is 0 Å². The normalized spacial score (nSPS) is 13.8. The maximum Gasteiger partial charge on any atom is 0.310 e. The highest BCUT2D eigenvalue weighted by atomic mass is 32.5. The summed E-state index contributed by atoms with van der Waals surface area (Å²) in [7, 11) is -7.59. The fourth-order valence-electron chi connectivity index (χ4n) is 3.05. The molecule has 0 aliphatic carbocycles. The third-order valence-electron chi connectivity index (χ3n) is 4.47. The molecule has 0 amide bonds. The summed E-state index contributed by atoms with van der Waals surface area (Å²) in [4.78, 5) is 8.76. The van der Waals surface area contributed by atoms with Gasteiger partial charge in [-0.15, -0.1) is 0 Å². The van der Waals surface area contributed by atoms with Crippen molar-refractivity contribution in [2.45, 2.75) is 4.90 Å². The van der Waals surface area contributed by atoms with Crippen molar-refractivity contribution in [3.63, 3.8) is 0 Å². The minimum atomic E-state index is -10.2. The first kappa shape index (κ1) is 22.3. The molecule has 3 aromatic rings. The van der Waals surface area contributed by atoms with Crippen LogP contribution in [-0.2, 0) is 0 Å². The maximum atomic E-state index is 13.7. The van der Waals surface area contributed by atoms with Crippen molar-refractivity contribution in [1.29, 1.82) is 0 Å². The Hall–Kier alpha value is -3.34. The minimum absolute atomic E-state index is 0.0844. The average Bonchev–Trinajstić information content (AvgIpc) is 2.71. The summed E-state index contributed by atoms with van der Waals surface area (Å²) in [5.41, 5.74) is -2.16. The lowest BCUT2D eigenvalue weighted by atomic mass is 9.96. The van der Waals surface area contributed by atoms with E-state index in [1.807, 2.05) is 0 Å². The van der Waals surface area contributed by atoms with Gasteiger partial charge in [0.25, 0.3) is 5.69 Å². The SMILES string of the molecule is COc1cccc(-c2cc(S(F)(F)(F)(F)F)cc(-c3cccc(OC)c3)c2[N+](=O)[O-])c1. The molecule has 0 atom stereocenters. The molecular weight excluding hydrogens is 445 g/mol. The molecule has 0 N–H and O–H groups in total. The molecule has 0 heterocycles. The largest absolute Gasteiger partial charge is 0.497 e. The molecule has 0 fully saturated rings. The van der Waals surface area contributed by atoms with Crippen LogP contribution in [0.15, 0.2) is 65.6 Å². The standard InChI is InChI=1S/C20H16F5NO4S/c1-29-15-7-3-5-13(9-15)18-11-17(31(21,22,23,24)25)12-19(20(18)26(27)28)14-6-4-8-16(10-14)30-2/h3-12H,1-2H3. The Bertz CT molecular complexity index is 1110. The summed E-state index contributed by atoms with van der Waals surface area (Å²) < 4.78 is 78.7. The number of nitrogens with zero attached hydrogens (tertiary/aromatic N) is 1. The zero-order valence-corrected chi connectivity index (χ0v) is 17.0. The lowest BCUT2D eigenvalue weighted by Crippen LogP contribution is -2.08. The number of hydrogen-bond donors (Lipinski definition) is 0. The number of rotatable bonds is 6. The highest BCUT2D eigenvalue weighted by Gasteiger charge is 2.66. The van der Waals surface area contributed by atoms with Crippen LogP contribution in [0.4, 0.5) is 25.1 Å². The highest BCUT2D eigenvalue weighted by Crippen LogP contribution is 3.02. The van der Waals surface area contributed by atoms with Crippen LogP contribution in [-0.4, -0.2) is 19.1 Å². The van der Waals surface area contributed by atoms with Gasteiger partial charge < -0.3 is 9.47 Å². The zero-order chi connectivity index (χ0) is 23.1. The Morgan fingerprint density at radius 1 is 0.774 bits per heavy atom. The Kier molecular flexibility index (Phi) is 4.93. The van der Waals surface area contributed by atoms with E-state index in [1.54, 1.807) is 0 Å². The van der Waals surface area contributed by atoms with E-state index in [-0.39, 0.29) is 34.8 Å². The quantitative estimate of drug-likeness (QED) is 0.215. The topological polar surface area (TPSA) is 61.6 Å². The van der Waals surface area contributed by atoms with E-state index < -0.39 is 36.9 Å². The van der Waals surface area contributed by atoms with Gasteiger partial charge in [0.2, 0.25) is 0 Å². The molecular formula is C20H16F5NO4S. The van der Waals surface area contributed by atoms with Gasteiger partial charge in [0, 0.05) is 0 Å². The van der Waals surface area contributed by atoms with Crippen molar-refractivity contribution in [1.82, 2.24) is 0 Å². The van der Waals surface area contributed by atoms with Gasteiger partial charge in [-0.25, -0.2) is 0 Å². The first-order valence-electron chi connectivity index (χ1n) is 8.59. The summed E-state index contributed by atoms with van der Waals surface area (Å²) in [6, 6.07) is 10.9. The van der Waals surface area contributed by atoms with Crippen LogP contribution < -0.4 is 9.47 Å². The predicted molar refractivity (Wildman–Crippen MR) is 108 cm³/mol. The van der Waals surface area contributed by atoms with Gasteiger partial charge in [-0.05, 0) is 47.5 Å². The van der Waals surface area contributed by atoms with Gasteiger partial charge in [0.1, 0.15) is 16.4 Å². The van der Waals surface area contributed by atoms with Crippen LogP contribution in [0, 0.1) is 10.1 Å². The number of nitro groups is 1. The Morgan fingerprint density at radius 2 is 1.19 bits per heavy atom. The van der Waals surface area contributed by atoms with E-state index in [0.717, 1.165) is 0 Å². The Morgan fingerprint density at radius 3 is 1.52 bits per heavy atom. The monoisotopic (exact) mass is 461 g/mol. The summed E-state index contributed by atoms with van der Waals surface area (Å²) >= 11 is 0. The zero-order valence-electron chi connectivity index (χ0n) is 16.2. The lowest BCUT2D eigenvalue weighted by Gasteiger charge is -2.41. The molecule has 0 aliphatic heterocycles. The molecule has 11 heteroatoms. The van der Waals surface area contributed by atoms with Crippen molar-refractivity contribution in [2.24, 2.45) is 0 Å². The van der Waals surface area contributed by atoms with Gasteiger partial charge in [-0.3, -0.25) is 10.1 Å². The molecule has 0 saturated heterocycles. The second-order valence-corrected chi connectivity index (χ2v) is 8.97. The van der Waals surface area contributed by atoms with E-state index in [0.29, 0.717) is 0 Å². The Labute approximate surface area is 173 Å². The van der Waals surface area contributed by atoms with Crippen molar-refractivity contribution < 1.29 is 33.8 Å². The third kappa shape index (κ3) is 4.71. The molecule has 166 valence electrons. The molecule has 31 heavy (non-hydrogen) atoms. The maximum absolute atomic E-state index is 13.7. The number of halogens is 5. The second-order valence-electron chi connectivity index (χ2n) is 6.56. The van der Waals surface area contributed by atoms with Crippen molar-refractivity contribution >= 4 is 15.9 Å². The van der Waals surface area contributed by atoms with Crippen LogP contribution >= 0.6 is 10.2 Å². The highest BCUT2D eigenvalue weighted by molar-refractivity contribution is 8.45. The van der Waals surface area contributed by atoms with Crippen LogP contribution in [0.2, 0.25) is 0 Å². The van der Waals surface area contributed by atoms with Crippen LogP contribution in [0.25, 0.3) is 22.3 Å². The molecule has 0 bridgehead atoms. The first-order chi connectivity index (χ1) is 14.2. The molecule has 3 aromatic carbocycles. The van der Waals surface area contributed by atoms with Crippen LogP contribution in [0.1, 0.15) is 0 Å². The van der Waals surface area contributed by atoms with Crippen molar-refractivity contribution in [3.8, 4) is 33.8 Å². The molecule has 0 radical (unpaired) electrons. The van der Waals surface area contributed by atoms with Gasteiger partial charge >= 0.3 is 10.2 Å². The molecule has 0 aromatic heterocycles. The van der Waals surface area contributed by atoms with Gasteiger partial charge in [0.05, 0.1) is 30.3 Å². The fourth-order valence-corrected chi connectivity index (χ4v) is 3.73. The summed E-state index contributed by atoms with van der Waals surface area (Å²) in [5, 5.41) is 11.9. The van der Waals surface area contributed by atoms with E-state index in [1.165, 1.54) is 62.8 Å². The fraction of sp³-hybridized carbons (Fsp3) is 0.100. The number of benzene rings is 3. The first-order valence-corrected chi connectivity index (χ1v) is 10.5. The Balaban J connectivity index is 2.48. The molecule has 3 rings (SSSR count). The number of methoxy groups -OCH3 is 2.